The van der Waals surface area contributed by atoms with Gasteiger partial charge in [-0.25, -0.2) is 9.97 Å². The average molecular weight is 463 g/mol. The summed E-state index contributed by atoms with van der Waals surface area (Å²) in [5.41, 5.74) is 1.41. The molecule has 0 unspecified atom stereocenters. The number of anilines is 1. The summed E-state index contributed by atoms with van der Waals surface area (Å²) >= 11 is 0. The lowest BCUT2D eigenvalue weighted by Crippen LogP contribution is -2.55. The second kappa shape index (κ2) is 11.3. The van der Waals surface area contributed by atoms with E-state index in [2.05, 4.69) is 60.3 Å². The maximum Gasteiger partial charge on any atom is 0.225 e. The molecule has 0 radical (unpaired) electrons. The molecule has 2 aromatic rings. The van der Waals surface area contributed by atoms with E-state index >= 15 is 0 Å². The number of benzene rings is 1. The van der Waals surface area contributed by atoms with Crippen molar-refractivity contribution in [2.24, 2.45) is 11.8 Å². The predicted octanol–water partition coefficient (Wildman–Crippen LogP) is 2.80. The van der Waals surface area contributed by atoms with E-state index in [-0.39, 0.29) is 0 Å². The Morgan fingerprint density at radius 2 is 1.85 bits per heavy atom. The smallest absolute Gasteiger partial charge is 0.225 e. The summed E-state index contributed by atoms with van der Waals surface area (Å²) in [5, 5.41) is 3.82. The quantitative estimate of drug-likeness (QED) is 0.683. The first-order valence-electron chi connectivity index (χ1n) is 13.0. The lowest BCUT2D eigenvalue weighted by molar-refractivity contribution is -0.131. The molecule has 3 atom stereocenters. The molecule has 0 spiro atoms. The zero-order chi connectivity index (χ0) is 23.2. The first-order valence-corrected chi connectivity index (χ1v) is 13.0. The van der Waals surface area contributed by atoms with Crippen LogP contribution in [0.15, 0.2) is 48.8 Å². The van der Waals surface area contributed by atoms with Crippen molar-refractivity contribution in [3.8, 4) is 0 Å². The molecular formula is C27H38N6O. The third-order valence-electron chi connectivity index (χ3n) is 7.72. The number of likely N-dealkylation sites (tertiary alicyclic amines) is 1. The van der Waals surface area contributed by atoms with Crippen LogP contribution in [0.4, 0.5) is 5.95 Å². The highest BCUT2D eigenvalue weighted by Crippen LogP contribution is 2.31. The zero-order valence-electron chi connectivity index (χ0n) is 20.2. The maximum absolute atomic E-state index is 13.0. The van der Waals surface area contributed by atoms with Crippen molar-refractivity contribution >= 4 is 11.9 Å². The molecule has 2 bridgehead atoms. The molecule has 3 aliphatic rings. The lowest BCUT2D eigenvalue weighted by Gasteiger charge is -2.46. The zero-order valence-corrected chi connectivity index (χ0v) is 20.2. The molecule has 182 valence electrons. The van der Waals surface area contributed by atoms with Crippen LogP contribution in [-0.4, -0.2) is 77.5 Å². The van der Waals surface area contributed by atoms with Gasteiger partial charge in [0.05, 0.1) is 0 Å². The number of nitrogens with one attached hydrogen (secondary N) is 1. The number of rotatable bonds is 7. The van der Waals surface area contributed by atoms with Gasteiger partial charge >= 0.3 is 0 Å². The number of carbonyl (C=O) groups is 1. The third-order valence-corrected chi connectivity index (χ3v) is 7.72. The molecule has 1 aromatic carbocycles. The highest BCUT2D eigenvalue weighted by molar-refractivity contribution is 5.76. The fraction of sp³-hybridized carbons (Fsp3) is 0.593. The number of hydrogen-bond donors (Lipinski definition) is 1. The first kappa shape index (κ1) is 23.2. The molecule has 1 amide bonds. The Morgan fingerprint density at radius 1 is 1.00 bits per heavy atom. The van der Waals surface area contributed by atoms with Gasteiger partial charge in [0.1, 0.15) is 0 Å². The molecule has 7 nitrogen and oxygen atoms in total. The fourth-order valence-corrected chi connectivity index (χ4v) is 6.03. The van der Waals surface area contributed by atoms with E-state index in [9.17, 15) is 4.79 Å². The number of carbonyl (C=O) groups excluding carboxylic acids is 1. The Balaban J connectivity index is 1.06. The van der Waals surface area contributed by atoms with Gasteiger partial charge in [-0.05, 0) is 55.7 Å². The van der Waals surface area contributed by atoms with E-state index in [0.29, 0.717) is 24.3 Å². The first-order chi connectivity index (χ1) is 16.7. The molecule has 34 heavy (non-hydrogen) atoms. The Hall–Kier alpha value is -2.51. The summed E-state index contributed by atoms with van der Waals surface area (Å²) in [6.45, 7) is 7.84. The normalized spacial score (nSPS) is 25.7. The van der Waals surface area contributed by atoms with Gasteiger partial charge in [0.15, 0.2) is 0 Å². The molecule has 5 rings (SSSR count). The topological polar surface area (TPSA) is 64.6 Å². The summed E-state index contributed by atoms with van der Waals surface area (Å²) in [7, 11) is 0. The number of amides is 1. The molecular weight excluding hydrogens is 424 g/mol. The van der Waals surface area contributed by atoms with E-state index in [4.69, 9.17) is 0 Å². The maximum atomic E-state index is 13.0. The minimum Gasteiger partial charge on any atom is -0.341 e. The van der Waals surface area contributed by atoms with Crippen molar-refractivity contribution in [2.75, 3.05) is 50.7 Å². The van der Waals surface area contributed by atoms with Gasteiger partial charge in [0.2, 0.25) is 11.9 Å². The predicted molar refractivity (Wildman–Crippen MR) is 134 cm³/mol. The molecule has 1 aromatic heterocycles. The van der Waals surface area contributed by atoms with Crippen LogP contribution in [0.5, 0.6) is 0 Å². The summed E-state index contributed by atoms with van der Waals surface area (Å²) < 4.78 is 0. The monoisotopic (exact) mass is 462 g/mol. The minimum atomic E-state index is 0.305. The van der Waals surface area contributed by atoms with Gasteiger partial charge in [-0.15, -0.1) is 0 Å². The van der Waals surface area contributed by atoms with E-state index in [1.807, 2.05) is 6.07 Å². The van der Waals surface area contributed by atoms with Crippen molar-refractivity contribution in [1.82, 2.24) is 25.1 Å². The molecule has 3 fully saturated rings. The number of piperidine rings is 2. The van der Waals surface area contributed by atoms with Crippen LogP contribution in [0, 0.1) is 11.8 Å². The van der Waals surface area contributed by atoms with Crippen LogP contribution < -0.4 is 10.2 Å². The molecule has 7 heteroatoms. The third kappa shape index (κ3) is 5.94. The number of fused-ring (bicyclic) bond motifs is 2. The summed E-state index contributed by atoms with van der Waals surface area (Å²) in [6, 6.07) is 13.2. The molecule has 3 aliphatic heterocycles. The fourth-order valence-electron chi connectivity index (χ4n) is 6.03. The number of nitrogens with zero attached hydrogens (tertiary/aromatic N) is 5. The standard InChI is InChI=1S/C27H38N6O/c34-26(32-13-6-14-33(16-15-32)27-28-11-5-12-29-27)10-4-9-25-24-17-23(18-30-25)20-31(21-24)19-22-7-2-1-3-8-22/h1-3,5,7-8,11-12,23-25,30H,4,6,9-10,13-21H2/t23-,24-,25-/m1/s1. The Morgan fingerprint density at radius 3 is 2.71 bits per heavy atom. The van der Waals surface area contributed by atoms with E-state index < -0.39 is 0 Å². The van der Waals surface area contributed by atoms with Gasteiger partial charge in [-0.2, -0.15) is 0 Å². The summed E-state index contributed by atoms with van der Waals surface area (Å²) in [5.74, 6) is 2.53. The van der Waals surface area contributed by atoms with Crippen LogP contribution in [0.2, 0.25) is 0 Å². The van der Waals surface area contributed by atoms with Gasteiger partial charge in [0.25, 0.3) is 0 Å². The van der Waals surface area contributed by atoms with Gasteiger partial charge in [-0.3, -0.25) is 9.69 Å². The van der Waals surface area contributed by atoms with Crippen LogP contribution in [0.1, 0.15) is 37.7 Å². The SMILES string of the molecule is O=C(CCC[C@H]1NC[C@H]2C[C@@H]1CN(Cc1ccccc1)C2)N1CCCN(c2ncccn2)CC1. The van der Waals surface area contributed by atoms with Crippen molar-refractivity contribution in [3.63, 3.8) is 0 Å². The molecule has 0 aliphatic carbocycles. The van der Waals surface area contributed by atoms with Crippen molar-refractivity contribution in [1.29, 1.82) is 0 Å². The van der Waals surface area contributed by atoms with Gasteiger partial charge < -0.3 is 15.1 Å². The van der Waals surface area contributed by atoms with Crippen molar-refractivity contribution in [2.45, 2.75) is 44.7 Å². The second-order valence-electron chi connectivity index (χ2n) is 10.2. The molecule has 3 saturated heterocycles. The Kier molecular flexibility index (Phi) is 7.71. The van der Waals surface area contributed by atoms with Crippen molar-refractivity contribution < 1.29 is 4.79 Å². The van der Waals surface area contributed by atoms with Crippen molar-refractivity contribution in [3.05, 3.63) is 54.4 Å². The van der Waals surface area contributed by atoms with E-state index in [0.717, 1.165) is 70.4 Å². The second-order valence-corrected chi connectivity index (χ2v) is 10.2. The van der Waals surface area contributed by atoms with Crippen LogP contribution in [0.25, 0.3) is 0 Å². The van der Waals surface area contributed by atoms with Crippen LogP contribution in [0.3, 0.4) is 0 Å². The lowest BCUT2D eigenvalue weighted by atomic mass is 9.79. The van der Waals surface area contributed by atoms with E-state index in [1.165, 1.54) is 25.1 Å². The Labute approximate surface area is 203 Å². The minimum absolute atomic E-state index is 0.305. The molecule has 0 saturated carbocycles. The number of aromatic nitrogens is 2. The Bertz CT molecular complexity index is 910. The average Bonchev–Trinajstić information content (AvgIpc) is 3.13. The summed E-state index contributed by atoms with van der Waals surface area (Å²) in [6.07, 6.45) is 8.59. The highest BCUT2D eigenvalue weighted by atomic mass is 16.2. The highest BCUT2D eigenvalue weighted by Gasteiger charge is 2.36. The van der Waals surface area contributed by atoms with Gasteiger partial charge in [0, 0.05) is 70.7 Å². The molecule has 4 heterocycles. The van der Waals surface area contributed by atoms with Gasteiger partial charge in [-0.1, -0.05) is 30.3 Å². The summed E-state index contributed by atoms with van der Waals surface area (Å²) in [4.78, 5) is 28.6. The largest absolute Gasteiger partial charge is 0.341 e. The molecule has 1 N–H and O–H groups in total. The van der Waals surface area contributed by atoms with Crippen LogP contribution >= 0.6 is 0 Å². The number of hydrogen-bond acceptors (Lipinski definition) is 6. The van der Waals surface area contributed by atoms with E-state index in [1.54, 1.807) is 12.4 Å². The van der Waals surface area contributed by atoms with Crippen LogP contribution in [-0.2, 0) is 11.3 Å².